The zero-order valence-electron chi connectivity index (χ0n) is 17.9. The number of nitro groups is 1. The first-order valence-electron chi connectivity index (χ1n) is 10.4. The molecule has 1 aromatic rings. The van der Waals surface area contributed by atoms with Gasteiger partial charge in [-0.05, 0) is 18.4 Å². The first-order chi connectivity index (χ1) is 13.7. The molecule has 27 heavy (non-hydrogen) atoms. The Balaban J connectivity index is 2.34. The lowest BCUT2D eigenvalue weighted by atomic mass is 10.0. The summed E-state index contributed by atoms with van der Waals surface area (Å²) in [6.07, 6.45) is 3.75. The van der Waals surface area contributed by atoms with Gasteiger partial charge in [0.2, 0.25) is 10.0 Å². The number of piperazine rings is 1. The molecule has 1 aromatic carbocycles. The van der Waals surface area contributed by atoms with E-state index in [9.17, 15) is 18.5 Å². The molecule has 2 unspecified atom stereocenters. The zero-order valence-corrected chi connectivity index (χ0v) is 16.7. The van der Waals surface area contributed by atoms with E-state index in [1.807, 2.05) is 11.8 Å². The molecule has 0 spiro atoms. The molecule has 1 aliphatic heterocycles. The number of benzene rings is 1. The predicted octanol–water partition coefficient (Wildman–Crippen LogP) is 2.78. The molecule has 1 saturated heterocycles. The number of sulfonamides is 1. The van der Waals surface area contributed by atoms with Crippen LogP contribution >= 0.6 is 0 Å². The highest BCUT2D eigenvalue weighted by molar-refractivity contribution is 7.93. The van der Waals surface area contributed by atoms with E-state index in [1.54, 1.807) is 0 Å². The summed E-state index contributed by atoms with van der Waals surface area (Å²) in [5.41, 5.74) is -0.881. The van der Waals surface area contributed by atoms with Crippen molar-refractivity contribution in [3.05, 3.63) is 34.3 Å². The lowest BCUT2D eigenvalue weighted by Crippen LogP contribution is -2.54. The van der Waals surface area contributed by atoms with E-state index in [0.29, 0.717) is 26.2 Å². The normalized spacial score (nSPS) is 19.0. The van der Waals surface area contributed by atoms with E-state index in [-0.39, 0.29) is 11.6 Å². The van der Waals surface area contributed by atoms with Gasteiger partial charge < -0.3 is 5.32 Å². The van der Waals surface area contributed by atoms with Crippen molar-refractivity contribution >= 4 is 21.4 Å². The minimum Gasteiger partial charge on any atom is -0.314 e. The van der Waals surface area contributed by atoms with Crippen molar-refractivity contribution < 1.29 is 16.1 Å². The summed E-state index contributed by atoms with van der Waals surface area (Å²) < 4.78 is 44.7. The molecular formula is C18H30N4O4S. The Labute approximate surface area is 164 Å². The number of anilines is 1. The highest BCUT2D eigenvalue weighted by atomic mass is 32.2. The van der Waals surface area contributed by atoms with Crippen molar-refractivity contribution in [2.75, 3.05) is 30.9 Å². The van der Waals surface area contributed by atoms with E-state index in [1.165, 1.54) is 6.07 Å². The maximum absolute atomic E-state index is 13.3. The fraction of sp³-hybridized carbons (Fsp3) is 0.667. The van der Waals surface area contributed by atoms with Gasteiger partial charge in [-0.15, -0.1) is 0 Å². The van der Waals surface area contributed by atoms with Crippen LogP contribution in [0, 0.1) is 16.0 Å². The van der Waals surface area contributed by atoms with Crippen LogP contribution in [0.5, 0.6) is 0 Å². The van der Waals surface area contributed by atoms with Crippen LogP contribution in [0.3, 0.4) is 0 Å². The average molecular weight is 401 g/mol. The second-order valence-corrected chi connectivity index (χ2v) is 8.70. The van der Waals surface area contributed by atoms with Gasteiger partial charge in [-0.1, -0.05) is 39.2 Å². The minimum absolute atomic E-state index is 0.142. The van der Waals surface area contributed by atoms with Crippen molar-refractivity contribution in [2.24, 2.45) is 5.92 Å². The number of nitro benzene ring substituents is 1. The number of rotatable bonds is 10. The lowest BCUT2D eigenvalue weighted by molar-refractivity contribution is -0.384. The van der Waals surface area contributed by atoms with Crippen LogP contribution in [0.2, 0.25) is 0 Å². The molecule has 2 N–H and O–H groups in total. The predicted molar refractivity (Wildman–Crippen MR) is 107 cm³/mol. The third kappa shape index (κ3) is 6.15. The molecule has 1 heterocycles. The van der Waals surface area contributed by atoms with Crippen LogP contribution in [-0.2, 0) is 10.0 Å². The van der Waals surface area contributed by atoms with Crippen LogP contribution < -0.4 is 10.0 Å². The maximum atomic E-state index is 13.3. The van der Waals surface area contributed by atoms with Crippen LogP contribution in [0.4, 0.5) is 11.4 Å². The van der Waals surface area contributed by atoms with Crippen molar-refractivity contribution in [1.29, 1.82) is 0 Å². The first kappa shape index (κ1) is 18.6. The molecule has 9 heteroatoms. The smallest absolute Gasteiger partial charge is 0.271 e. The Morgan fingerprint density at radius 1 is 1.41 bits per heavy atom. The summed E-state index contributed by atoms with van der Waals surface area (Å²) in [5.74, 6) is -0.142. The maximum Gasteiger partial charge on any atom is 0.271 e. The fourth-order valence-corrected chi connectivity index (χ4v) is 5.34. The molecule has 152 valence electrons. The molecule has 0 bridgehead atoms. The highest BCUT2D eigenvalue weighted by Gasteiger charge is 2.36. The molecule has 1 fully saturated rings. The topological polar surface area (TPSA) is 105 Å². The van der Waals surface area contributed by atoms with E-state index >= 15 is 0 Å². The molecule has 2 rings (SSSR count). The summed E-state index contributed by atoms with van der Waals surface area (Å²) in [5, 5.41) is 13.6. The Hall–Kier alpha value is -1.71. The Morgan fingerprint density at radius 2 is 2.11 bits per heavy atom. The van der Waals surface area contributed by atoms with Crippen LogP contribution in [0.25, 0.3) is 0 Å². The monoisotopic (exact) mass is 400 g/mol. The molecule has 0 aromatic heterocycles. The van der Waals surface area contributed by atoms with Crippen molar-refractivity contribution in [2.45, 2.75) is 44.9 Å². The number of hydrogen-bond donors (Lipinski definition) is 2. The third-order valence-corrected chi connectivity index (χ3v) is 6.64. The molecule has 0 radical (unpaired) electrons. The van der Waals surface area contributed by atoms with E-state index in [4.69, 9.17) is 2.74 Å². The van der Waals surface area contributed by atoms with Gasteiger partial charge in [0, 0.05) is 38.3 Å². The quantitative estimate of drug-likeness (QED) is 0.355. The van der Waals surface area contributed by atoms with Gasteiger partial charge >= 0.3 is 0 Å². The van der Waals surface area contributed by atoms with Gasteiger partial charge in [0.1, 0.15) is 5.37 Å². The fourth-order valence-electron chi connectivity index (χ4n) is 3.44. The second-order valence-electron chi connectivity index (χ2n) is 6.92. The van der Waals surface area contributed by atoms with Crippen molar-refractivity contribution in [3.8, 4) is 0 Å². The summed E-state index contributed by atoms with van der Waals surface area (Å²) in [4.78, 5) is 12.3. The zero-order chi connectivity index (χ0) is 21.6. The van der Waals surface area contributed by atoms with Gasteiger partial charge in [-0.2, -0.15) is 0 Å². The summed E-state index contributed by atoms with van der Waals surface area (Å²) >= 11 is 0. The number of unbranched alkanes of at least 4 members (excludes halogenated alkanes) is 2. The Kier molecular flexibility index (Phi) is 6.91. The van der Waals surface area contributed by atoms with E-state index in [0.717, 1.165) is 31.7 Å². The molecular weight excluding hydrogens is 368 g/mol. The lowest BCUT2D eigenvalue weighted by Gasteiger charge is -2.37. The standard InChI is InChI=1S/C18H30N4O4S/c1-3-4-5-7-15(2)18(21-12-10-19-11-13-21)27(25,26)20-16-8-6-9-17(14-16)22(23)24/h6,8-9,14-15,18-20H,3-5,7,10-13H2,1-2H3/i9D,14D. The van der Waals surface area contributed by atoms with Gasteiger partial charge in [0.05, 0.1) is 13.4 Å². The molecule has 2 atom stereocenters. The summed E-state index contributed by atoms with van der Waals surface area (Å²) in [6, 6.07) is 1.36. The number of hydrogen-bond acceptors (Lipinski definition) is 6. The molecule has 8 nitrogen and oxygen atoms in total. The first-order valence-corrected chi connectivity index (χ1v) is 10.9. The highest BCUT2D eigenvalue weighted by Crippen LogP contribution is 2.26. The summed E-state index contributed by atoms with van der Waals surface area (Å²) in [7, 11) is -3.94. The third-order valence-electron chi connectivity index (χ3n) is 4.74. The van der Waals surface area contributed by atoms with E-state index in [2.05, 4.69) is 17.0 Å². The van der Waals surface area contributed by atoms with Crippen LogP contribution in [0.1, 0.15) is 42.3 Å². The SMILES string of the molecule is [2H]c1ccc(NS(=O)(=O)C(C(C)CCCCC)N2CCNCC2)c([2H])c1[N+](=O)[O-]. The summed E-state index contributed by atoms with van der Waals surface area (Å²) in [6.45, 7) is 6.56. The molecule has 1 aliphatic rings. The molecule has 0 aliphatic carbocycles. The van der Waals surface area contributed by atoms with Gasteiger partial charge in [0.25, 0.3) is 5.69 Å². The second kappa shape index (κ2) is 10.0. The van der Waals surface area contributed by atoms with E-state index < -0.39 is 38.1 Å². The van der Waals surface area contributed by atoms with Crippen LogP contribution in [0.15, 0.2) is 24.2 Å². The Morgan fingerprint density at radius 3 is 2.74 bits per heavy atom. The van der Waals surface area contributed by atoms with Crippen LogP contribution in [-0.4, -0.2) is 49.8 Å². The largest absolute Gasteiger partial charge is 0.314 e. The van der Waals surface area contributed by atoms with Gasteiger partial charge in [-0.25, -0.2) is 8.42 Å². The molecule has 0 amide bonds. The minimum atomic E-state index is -3.94. The number of nitrogens with one attached hydrogen (secondary N) is 2. The Bertz CT molecular complexity index is 816. The van der Waals surface area contributed by atoms with Crippen molar-refractivity contribution in [1.82, 2.24) is 10.2 Å². The van der Waals surface area contributed by atoms with Gasteiger partial charge in [-0.3, -0.25) is 19.7 Å². The number of nitrogens with zero attached hydrogens (tertiary/aromatic N) is 2. The molecule has 0 saturated carbocycles. The van der Waals surface area contributed by atoms with Crippen molar-refractivity contribution in [3.63, 3.8) is 0 Å². The average Bonchev–Trinajstić information content (AvgIpc) is 2.65. The van der Waals surface area contributed by atoms with Gasteiger partial charge in [0.15, 0.2) is 0 Å².